The van der Waals surface area contributed by atoms with Gasteiger partial charge in [-0.15, -0.1) is 0 Å². The Hall–Kier alpha value is -0.340. The highest BCUT2D eigenvalue weighted by Gasteiger charge is 2.45. The number of nitrogens with zero attached hydrogens (tertiary/aromatic N) is 3. The van der Waals surface area contributed by atoms with Gasteiger partial charge in [0.25, 0.3) is 0 Å². The average molecular weight is 426 g/mol. The number of likely N-dealkylation sites (N-methyl/N-ethyl adjacent to an activating group) is 1. The molecule has 1 saturated heterocycles. The molecule has 0 spiro atoms. The zero-order chi connectivity index (χ0) is 19.6. The Morgan fingerprint density at radius 3 is 2.48 bits per heavy atom. The summed E-state index contributed by atoms with van der Waals surface area (Å²) in [5, 5.41) is 0. The summed E-state index contributed by atoms with van der Waals surface area (Å²) >= 11 is 8.55. The molecule has 27 heavy (non-hydrogen) atoms. The molecule has 0 bridgehead atoms. The van der Waals surface area contributed by atoms with Crippen molar-refractivity contribution in [3.8, 4) is 0 Å². The van der Waals surface area contributed by atoms with Gasteiger partial charge in [0, 0.05) is 30.2 Å². The molecule has 1 aromatic rings. The molecule has 2 fully saturated rings. The Bertz CT molecular complexity index is 648. The summed E-state index contributed by atoms with van der Waals surface area (Å²) < 4.78 is 1.65. The van der Waals surface area contributed by atoms with E-state index in [2.05, 4.69) is 74.4 Å². The summed E-state index contributed by atoms with van der Waals surface area (Å²) in [4.78, 5) is 17.3. The SMILES string of the molecule is CCN(CC1(c2ccc(N3CCCC(N(S)SS)C3=O)cc2)CC1)C(C)C. The molecule has 0 radical (unpaired) electrons. The summed E-state index contributed by atoms with van der Waals surface area (Å²) in [6.45, 7) is 9.77. The molecule has 1 atom stereocenters. The van der Waals surface area contributed by atoms with Crippen molar-refractivity contribution >= 4 is 47.1 Å². The normalized spacial score (nSPS) is 22.1. The topological polar surface area (TPSA) is 26.8 Å². The molecule has 2 aliphatic rings. The van der Waals surface area contributed by atoms with Crippen molar-refractivity contribution in [1.29, 1.82) is 0 Å². The van der Waals surface area contributed by atoms with Crippen LogP contribution in [0.3, 0.4) is 0 Å². The minimum absolute atomic E-state index is 0.114. The predicted molar refractivity (Wildman–Crippen MR) is 123 cm³/mol. The van der Waals surface area contributed by atoms with Crippen LogP contribution < -0.4 is 4.90 Å². The first-order valence-corrected chi connectivity index (χ1v) is 12.1. The molecule has 1 heterocycles. The van der Waals surface area contributed by atoms with Gasteiger partial charge in [-0.1, -0.05) is 43.5 Å². The fourth-order valence-electron chi connectivity index (χ4n) is 4.11. The molecule has 0 aromatic heterocycles. The summed E-state index contributed by atoms with van der Waals surface area (Å²) in [5.41, 5.74) is 2.71. The highest BCUT2D eigenvalue weighted by atomic mass is 33.1. The number of amides is 1. The van der Waals surface area contributed by atoms with Crippen LogP contribution in [0.4, 0.5) is 5.69 Å². The van der Waals surface area contributed by atoms with Gasteiger partial charge in [-0.05, 0) is 74.8 Å². The van der Waals surface area contributed by atoms with Crippen LogP contribution in [0.25, 0.3) is 0 Å². The van der Waals surface area contributed by atoms with Gasteiger partial charge in [-0.25, -0.2) is 0 Å². The lowest BCUT2D eigenvalue weighted by molar-refractivity contribution is -0.122. The van der Waals surface area contributed by atoms with Crippen molar-refractivity contribution in [2.45, 2.75) is 64.0 Å². The number of thiol groups is 2. The summed E-state index contributed by atoms with van der Waals surface area (Å²) in [7, 11) is 1.20. The van der Waals surface area contributed by atoms with Crippen molar-refractivity contribution < 1.29 is 4.79 Å². The van der Waals surface area contributed by atoms with E-state index in [0.717, 1.165) is 38.2 Å². The number of carbonyl (C=O) groups excluding carboxylic acids is 1. The van der Waals surface area contributed by atoms with E-state index in [1.165, 1.54) is 29.4 Å². The van der Waals surface area contributed by atoms with Crippen LogP contribution in [0.15, 0.2) is 24.3 Å². The molecule has 1 saturated carbocycles. The van der Waals surface area contributed by atoms with E-state index in [0.29, 0.717) is 11.5 Å². The largest absolute Gasteiger partial charge is 0.311 e. The number of carbonyl (C=O) groups is 1. The van der Waals surface area contributed by atoms with Gasteiger partial charge >= 0.3 is 0 Å². The molecule has 4 nitrogen and oxygen atoms in total. The van der Waals surface area contributed by atoms with E-state index in [1.54, 1.807) is 3.71 Å². The quantitative estimate of drug-likeness (QED) is 0.362. The number of rotatable bonds is 8. The van der Waals surface area contributed by atoms with E-state index in [4.69, 9.17) is 0 Å². The molecule has 150 valence electrons. The summed E-state index contributed by atoms with van der Waals surface area (Å²) in [6, 6.07) is 9.07. The van der Waals surface area contributed by atoms with Gasteiger partial charge in [0.2, 0.25) is 5.91 Å². The highest BCUT2D eigenvalue weighted by molar-refractivity contribution is 8.68. The number of benzene rings is 1. The monoisotopic (exact) mass is 425 g/mol. The zero-order valence-electron chi connectivity index (χ0n) is 16.5. The fourth-order valence-corrected chi connectivity index (χ4v) is 4.97. The molecular weight excluding hydrogens is 394 g/mol. The second-order valence-electron chi connectivity index (χ2n) is 8.02. The average Bonchev–Trinajstić information content (AvgIpc) is 3.46. The lowest BCUT2D eigenvalue weighted by Crippen LogP contribution is -2.48. The Morgan fingerprint density at radius 1 is 1.30 bits per heavy atom. The van der Waals surface area contributed by atoms with Crippen molar-refractivity contribution in [2.75, 3.05) is 24.5 Å². The molecule has 0 N–H and O–H groups in total. The number of piperidine rings is 1. The molecule has 1 aliphatic heterocycles. The summed E-state index contributed by atoms with van der Waals surface area (Å²) in [5.74, 6) is 0.114. The van der Waals surface area contributed by atoms with Crippen LogP contribution in [0.1, 0.15) is 52.0 Å². The van der Waals surface area contributed by atoms with E-state index < -0.39 is 0 Å². The maximum atomic E-state index is 12.9. The van der Waals surface area contributed by atoms with Crippen LogP contribution >= 0.6 is 35.5 Å². The van der Waals surface area contributed by atoms with Gasteiger partial charge in [0.1, 0.15) is 6.04 Å². The standard InChI is InChI=1S/C20H31N3OS3/c1-4-21(15(2)3)14-20(11-12-20)16-7-9-17(10-8-16)22-13-5-6-18(19(22)24)23(25)27-26/h7-10,15,18,25-26H,4-6,11-14H2,1-3H3. The smallest absolute Gasteiger partial charge is 0.246 e. The van der Waals surface area contributed by atoms with Gasteiger partial charge in [-0.3, -0.25) is 4.79 Å². The molecule has 1 aromatic carbocycles. The Kier molecular flexibility index (Phi) is 7.12. The van der Waals surface area contributed by atoms with Crippen molar-refractivity contribution in [3.05, 3.63) is 29.8 Å². The minimum Gasteiger partial charge on any atom is -0.311 e. The highest BCUT2D eigenvalue weighted by Crippen LogP contribution is 2.49. The van der Waals surface area contributed by atoms with Gasteiger partial charge in [0.15, 0.2) is 0 Å². The van der Waals surface area contributed by atoms with Crippen molar-refractivity contribution in [1.82, 2.24) is 8.61 Å². The third kappa shape index (κ3) is 4.64. The van der Waals surface area contributed by atoms with Crippen LogP contribution in [-0.2, 0) is 10.2 Å². The van der Waals surface area contributed by atoms with E-state index in [9.17, 15) is 4.79 Å². The maximum absolute atomic E-state index is 12.9. The zero-order valence-corrected chi connectivity index (χ0v) is 19.1. The third-order valence-corrected chi connectivity index (χ3v) is 7.91. The lowest BCUT2D eigenvalue weighted by atomic mass is 9.94. The number of hydrogen-bond acceptors (Lipinski definition) is 6. The number of anilines is 1. The van der Waals surface area contributed by atoms with Crippen LogP contribution in [0.2, 0.25) is 0 Å². The van der Waals surface area contributed by atoms with Gasteiger partial charge < -0.3 is 9.80 Å². The molecule has 7 heteroatoms. The van der Waals surface area contributed by atoms with E-state index >= 15 is 0 Å². The lowest BCUT2D eigenvalue weighted by Gasteiger charge is -2.35. The number of hydrogen-bond donors (Lipinski definition) is 2. The minimum atomic E-state index is -0.219. The molecule has 1 unspecified atom stereocenters. The molecule has 1 amide bonds. The summed E-state index contributed by atoms with van der Waals surface area (Å²) in [6.07, 6.45) is 4.32. The van der Waals surface area contributed by atoms with Crippen LogP contribution in [0.5, 0.6) is 0 Å². The first kappa shape index (κ1) is 21.4. The van der Waals surface area contributed by atoms with E-state index in [-0.39, 0.29) is 11.9 Å². The Labute approximate surface area is 178 Å². The molecule has 1 aliphatic carbocycles. The van der Waals surface area contributed by atoms with Crippen molar-refractivity contribution in [2.24, 2.45) is 0 Å². The first-order valence-electron chi connectivity index (χ1n) is 9.87. The molecular formula is C20H31N3OS3. The third-order valence-electron chi connectivity index (χ3n) is 6.05. The van der Waals surface area contributed by atoms with Crippen molar-refractivity contribution in [3.63, 3.8) is 0 Å². The molecule has 3 rings (SSSR count). The van der Waals surface area contributed by atoms with Gasteiger partial charge in [0.05, 0.1) is 0 Å². The van der Waals surface area contributed by atoms with Gasteiger partial charge in [-0.2, -0.15) is 3.71 Å². The van der Waals surface area contributed by atoms with Crippen LogP contribution in [-0.4, -0.2) is 46.2 Å². The second-order valence-corrected chi connectivity index (χ2v) is 9.76. The Balaban J connectivity index is 1.73. The second kappa shape index (κ2) is 8.99. The Morgan fingerprint density at radius 2 is 1.96 bits per heavy atom. The predicted octanol–water partition coefficient (Wildman–Crippen LogP) is 4.58. The van der Waals surface area contributed by atoms with Crippen LogP contribution in [0, 0.1) is 0 Å². The first-order chi connectivity index (χ1) is 12.9. The maximum Gasteiger partial charge on any atom is 0.246 e. The fraction of sp³-hybridized carbons (Fsp3) is 0.650. The van der Waals surface area contributed by atoms with E-state index in [1.807, 2.05) is 4.90 Å².